The van der Waals surface area contributed by atoms with Crippen molar-refractivity contribution in [3.8, 4) is 17.2 Å². The maximum Gasteiger partial charge on any atom is 0.278 e. The van der Waals surface area contributed by atoms with Crippen molar-refractivity contribution in [1.29, 1.82) is 0 Å². The minimum Gasteiger partial charge on any atom is -0.495 e. The van der Waals surface area contributed by atoms with Gasteiger partial charge in [-0.15, -0.1) is 0 Å². The summed E-state index contributed by atoms with van der Waals surface area (Å²) in [5.74, 6) is 1.07. The third-order valence-corrected chi connectivity index (χ3v) is 5.96. The minimum absolute atomic E-state index is 0.111. The van der Waals surface area contributed by atoms with Crippen molar-refractivity contribution in [3.63, 3.8) is 0 Å². The quantitative estimate of drug-likeness (QED) is 0.553. The molecule has 0 fully saturated rings. The molecule has 2 aliphatic rings. The number of methoxy groups -OCH3 is 1. The number of para-hydroxylation sites is 2. The number of benzene rings is 3. The number of nitrogens with one attached hydrogen (secondary N) is 1. The van der Waals surface area contributed by atoms with Crippen molar-refractivity contribution in [2.24, 2.45) is 0 Å². The molecule has 3 aromatic rings. The van der Waals surface area contributed by atoms with Crippen LogP contribution in [0.15, 0.2) is 66.4 Å². The molecular weight excluding hydrogens is 432 g/mol. The first-order valence-corrected chi connectivity index (χ1v) is 10.9. The molecule has 5 rings (SSSR count). The Kier molecular flexibility index (Phi) is 5.45. The lowest BCUT2D eigenvalue weighted by Crippen LogP contribution is -2.32. The number of carbonyl (C=O) groups excluding carboxylic acids is 2. The lowest BCUT2D eigenvalue weighted by molar-refractivity contribution is -0.137. The van der Waals surface area contributed by atoms with Gasteiger partial charge in [-0.05, 0) is 54.8 Å². The van der Waals surface area contributed by atoms with Gasteiger partial charge in [0, 0.05) is 0 Å². The molecule has 0 radical (unpaired) electrons. The van der Waals surface area contributed by atoms with Gasteiger partial charge in [0.25, 0.3) is 11.8 Å². The molecule has 0 aliphatic carbocycles. The molecule has 0 atom stereocenters. The third-order valence-electron chi connectivity index (χ3n) is 5.96. The van der Waals surface area contributed by atoms with E-state index in [0.717, 1.165) is 22.3 Å². The highest BCUT2D eigenvalue weighted by molar-refractivity contribution is 6.36. The summed E-state index contributed by atoms with van der Waals surface area (Å²) in [5, 5.41) is 3.19. The zero-order valence-corrected chi connectivity index (χ0v) is 19.2. The number of fused-ring (bicyclic) bond motifs is 1. The van der Waals surface area contributed by atoms with Gasteiger partial charge in [0.2, 0.25) is 6.79 Å². The summed E-state index contributed by atoms with van der Waals surface area (Å²) in [7, 11) is 1.56. The van der Waals surface area contributed by atoms with Crippen molar-refractivity contribution in [1.82, 2.24) is 4.90 Å². The zero-order valence-electron chi connectivity index (χ0n) is 19.2. The van der Waals surface area contributed by atoms with Crippen LogP contribution >= 0.6 is 0 Å². The smallest absolute Gasteiger partial charge is 0.278 e. The second kappa shape index (κ2) is 8.59. The van der Waals surface area contributed by atoms with E-state index in [9.17, 15) is 9.59 Å². The molecule has 0 unspecified atom stereocenters. The zero-order chi connectivity index (χ0) is 23.8. The van der Waals surface area contributed by atoms with Crippen LogP contribution in [0.4, 0.5) is 5.69 Å². The number of nitrogens with zero attached hydrogens (tertiary/aromatic N) is 1. The maximum atomic E-state index is 13.7. The van der Waals surface area contributed by atoms with Gasteiger partial charge in [-0.2, -0.15) is 0 Å². The molecule has 1 N–H and O–H groups in total. The van der Waals surface area contributed by atoms with Crippen molar-refractivity contribution >= 4 is 23.1 Å². The molecule has 0 aromatic heterocycles. The molecule has 2 aliphatic heterocycles. The highest BCUT2D eigenvalue weighted by Crippen LogP contribution is 2.37. The molecule has 0 saturated carbocycles. The Morgan fingerprint density at radius 1 is 0.941 bits per heavy atom. The average molecular weight is 456 g/mol. The second-order valence-electron chi connectivity index (χ2n) is 8.28. The van der Waals surface area contributed by atoms with E-state index in [1.807, 2.05) is 56.3 Å². The highest BCUT2D eigenvalue weighted by atomic mass is 16.7. The Morgan fingerprint density at radius 2 is 1.74 bits per heavy atom. The molecule has 0 spiro atoms. The Hall–Kier alpha value is -4.26. The number of hydrogen-bond acceptors (Lipinski definition) is 6. The predicted octanol–water partition coefficient (Wildman–Crippen LogP) is 4.43. The van der Waals surface area contributed by atoms with Gasteiger partial charge in [-0.1, -0.05) is 42.0 Å². The molecule has 0 bridgehead atoms. The topological polar surface area (TPSA) is 77.1 Å². The Balaban J connectivity index is 1.55. The SMILES string of the molecule is COc1ccccc1NC1=C(c2ccc(C)cc2C)C(=O)N(Cc2ccc3c(c2)OCO3)C1=O. The van der Waals surface area contributed by atoms with Crippen LogP contribution in [0.1, 0.15) is 22.3 Å². The standard InChI is InChI=1S/C27H24N2O5/c1-16-8-10-19(17(2)12-16)24-25(28-20-6-4-5-7-21(20)32-3)27(31)29(26(24)30)14-18-9-11-22-23(13-18)34-15-33-22/h4-13,28H,14-15H2,1-3H3. The van der Waals surface area contributed by atoms with Gasteiger partial charge in [0.15, 0.2) is 11.5 Å². The number of imide groups is 1. The predicted molar refractivity (Wildman–Crippen MR) is 128 cm³/mol. The highest BCUT2D eigenvalue weighted by Gasteiger charge is 2.40. The monoisotopic (exact) mass is 456 g/mol. The van der Waals surface area contributed by atoms with Crippen molar-refractivity contribution in [2.75, 3.05) is 19.2 Å². The van der Waals surface area contributed by atoms with E-state index in [4.69, 9.17) is 14.2 Å². The number of aryl methyl sites for hydroxylation is 2. The molecule has 7 nitrogen and oxygen atoms in total. The van der Waals surface area contributed by atoms with E-state index < -0.39 is 5.91 Å². The summed E-state index contributed by atoms with van der Waals surface area (Å²) >= 11 is 0. The fraction of sp³-hybridized carbons (Fsp3) is 0.185. The Labute approximate surface area is 197 Å². The van der Waals surface area contributed by atoms with Crippen LogP contribution in [-0.4, -0.2) is 30.6 Å². The number of anilines is 1. The van der Waals surface area contributed by atoms with E-state index in [-0.39, 0.29) is 24.9 Å². The molecule has 0 saturated heterocycles. The molecule has 3 aromatic carbocycles. The van der Waals surface area contributed by atoms with Crippen molar-refractivity contribution in [2.45, 2.75) is 20.4 Å². The summed E-state index contributed by atoms with van der Waals surface area (Å²) in [6.07, 6.45) is 0. The van der Waals surface area contributed by atoms with Crippen molar-refractivity contribution in [3.05, 3.63) is 88.6 Å². The van der Waals surface area contributed by atoms with Crippen LogP contribution in [0.2, 0.25) is 0 Å². The molecule has 2 heterocycles. The minimum atomic E-state index is -0.399. The average Bonchev–Trinajstić information content (AvgIpc) is 3.38. The summed E-state index contributed by atoms with van der Waals surface area (Å²) in [4.78, 5) is 28.5. The van der Waals surface area contributed by atoms with E-state index in [2.05, 4.69) is 5.32 Å². The van der Waals surface area contributed by atoms with Gasteiger partial charge < -0.3 is 19.5 Å². The Morgan fingerprint density at radius 3 is 2.53 bits per heavy atom. The number of amides is 2. The van der Waals surface area contributed by atoms with Gasteiger partial charge >= 0.3 is 0 Å². The van der Waals surface area contributed by atoms with E-state index in [1.54, 1.807) is 25.3 Å². The molecule has 2 amide bonds. The van der Waals surface area contributed by atoms with Crippen molar-refractivity contribution < 1.29 is 23.8 Å². The van der Waals surface area contributed by atoms with Crippen LogP contribution in [0.5, 0.6) is 17.2 Å². The Bertz CT molecular complexity index is 1340. The van der Waals surface area contributed by atoms with Crippen LogP contribution in [-0.2, 0) is 16.1 Å². The molecule has 172 valence electrons. The maximum absolute atomic E-state index is 13.7. The van der Waals surface area contributed by atoms with Crippen LogP contribution in [0.3, 0.4) is 0 Å². The van der Waals surface area contributed by atoms with Crippen LogP contribution in [0, 0.1) is 13.8 Å². The summed E-state index contributed by atoms with van der Waals surface area (Å²) in [6, 6.07) is 18.5. The first kappa shape index (κ1) is 21.6. The largest absolute Gasteiger partial charge is 0.495 e. The van der Waals surface area contributed by atoms with Gasteiger partial charge in [-0.3, -0.25) is 14.5 Å². The fourth-order valence-corrected chi connectivity index (χ4v) is 4.28. The van der Waals surface area contributed by atoms with Crippen LogP contribution < -0.4 is 19.5 Å². The van der Waals surface area contributed by atoms with Gasteiger partial charge in [-0.25, -0.2) is 0 Å². The van der Waals surface area contributed by atoms with Crippen LogP contribution in [0.25, 0.3) is 5.57 Å². The van der Waals surface area contributed by atoms with Gasteiger partial charge in [0.1, 0.15) is 11.4 Å². The number of carbonyl (C=O) groups is 2. The van der Waals surface area contributed by atoms with Gasteiger partial charge in [0.05, 0.1) is 24.9 Å². The first-order valence-electron chi connectivity index (χ1n) is 10.9. The first-order chi connectivity index (χ1) is 16.5. The molecule has 34 heavy (non-hydrogen) atoms. The number of rotatable bonds is 6. The van der Waals surface area contributed by atoms with E-state index in [0.29, 0.717) is 28.5 Å². The summed E-state index contributed by atoms with van der Waals surface area (Å²) < 4.78 is 16.3. The summed E-state index contributed by atoms with van der Waals surface area (Å²) in [5.41, 5.74) is 4.65. The summed E-state index contributed by atoms with van der Waals surface area (Å²) in [6.45, 7) is 4.20. The van der Waals surface area contributed by atoms with E-state index in [1.165, 1.54) is 4.90 Å². The second-order valence-corrected chi connectivity index (χ2v) is 8.28. The third kappa shape index (κ3) is 3.75. The number of ether oxygens (including phenoxy) is 3. The lowest BCUT2D eigenvalue weighted by atomic mass is 9.97. The normalized spacial score (nSPS) is 14.7. The molecule has 7 heteroatoms. The lowest BCUT2D eigenvalue weighted by Gasteiger charge is -2.16. The number of hydrogen-bond donors (Lipinski definition) is 1. The molecular formula is C27H24N2O5. The fourth-order valence-electron chi connectivity index (χ4n) is 4.28. The van der Waals surface area contributed by atoms with E-state index >= 15 is 0 Å².